The smallest absolute Gasteiger partial charge is 0.0266 e. The second kappa shape index (κ2) is 7.36. The number of hydrogen-bond acceptors (Lipinski definition) is 4. The first-order valence-electron chi connectivity index (χ1n) is 7.90. The quantitative estimate of drug-likeness (QED) is 0.634. The van der Waals surface area contributed by atoms with Gasteiger partial charge in [-0.25, -0.2) is 0 Å². The molecular formula is C17H30N4. The maximum Gasteiger partial charge on any atom is 0.0266 e. The minimum absolute atomic E-state index is 0.324. The molecule has 1 saturated heterocycles. The molecule has 0 spiro atoms. The van der Waals surface area contributed by atoms with Gasteiger partial charge < -0.3 is 9.80 Å². The van der Waals surface area contributed by atoms with Crippen molar-refractivity contribution >= 4 is 0 Å². The van der Waals surface area contributed by atoms with E-state index >= 15 is 0 Å². The molecule has 1 aliphatic rings. The van der Waals surface area contributed by atoms with Gasteiger partial charge in [0.2, 0.25) is 0 Å². The summed E-state index contributed by atoms with van der Waals surface area (Å²) < 4.78 is 0. The Morgan fingerprint density at radius 3 is 2.76 bits per heavy atom. The van der Waals surface area contributed by atoms with Gasteiger partial charge in [-0.1, -0.05) is 23.8 Å². The summed E-state index contributed by atoms with van der Waals surface area (Å²) in [6, 6.07) is 7.57. The van der Waals surface area contributed by atoms with Crippen molar-refractivity contribution in [3.05, 3.63) is 34.9 Å². The first kappa shape index (κ1) is 16.4. The molecule has 0 aromatic heterocycles. The van der Waals surface area contributed by atoms with E-state index in [0.29, 0.717) is 12.1 Å². The van der Waals surface area contributed by atoms with Crippen molar-refractivity contribution in [2.45, 2.75) is 38.8 Å². The summed E-state index contributed by atoms with van der Waals surface area (Å²) >= 11 is 0. The summed E-state index contributed by atoms with van der Waals surface area (Å²) in [5.74, 6) is 5.82. The van der Waals surface area contributed by atoms with Crippen molar-refractivity contribution in [2.24, 2.45) is 5.84 Å². The first-order valence-corrected chi connectivity index (χ1v) is 7.90. The van der Waals surface area contributed by atoms with E-state index in [1.165, 1.54) is 16.7 Å². The van der Waals surface area contributed by atoms with Gasteiger partial charge in [-0.05, 0) is 51.9 Å². The van der Waals surface area contributed by atoms with Crippen molar-refractivity contribution in [3.8, 4) is 0 Å². The third kappa shape index (κ3) is 4.51. The van der Waals surface area contributed by atoms with Crippen LogP contribution in [-0.4, -0.2) is 55.6 Å². The van der Waals surface area contributed by atoms with Crippen molar-refractivity contribution < 1.29 is 0 Å². The van der Waals surface area contributed by atoms with E-state index in [9.17, 15) is 0 Å². The second-order valence-corrected chi connectivity index (χ2v) is 6.63. The van der Waals surface area contributed by atoms with E-state index in [4.69, 9.17) is 5.84 Å². The zero-order valence-corrected chi connectivity index (χ0v) is 13.9. The fraction of sp³-hybridized carbons (Fsp3) is 0.647. The van der Waals surface area contributed by atoms with Gasteiger partial charge in [0.05, 0.1) is 0 Å². The number of hydrazine groups is 1. The van der Waals surface area contributed by atoms with Gasteiger partial charge >= 0.3 is 0 Å². The monoisotopic (exact) mass is 290 g/mol. The summed E-state index contributed by atoms with van der Waals surface area (Å²) in [6.45, 7) is 7.76. The Labute approximate surface area is 129 Å². The largest absolute Gasteiger partial charge is 0.304 e. The Kier molecular flexibility index (Phi) is 5.76. The molecule has 0 amide bonds. The third-order valence-corrected chi connectivity index (χ3v) is 4.74. The number of nitrogens with two attached hydrogens (primary N) is 1. The van der Waals surface area contributed by atoms with Gasteiger partial charge in [0.15, 0.2) is 0 Å². The fourth-order valence-electron chi connectivity index (χ4n) is 3.18. The average molecular weight is 290 g/mol. The van der Waals surface area contributed by atoms with Gasteiger partial charge in [-0.2, -0.15) is 0 Å². The lowest BCUT2D eigenvalue weighted by molar-refractivity contribution is 0.101. The normalized spacial score (nSPS) is 22.4. The van der Waals surface area contributed by atoms with Crippen LogP contribution in [0.4, 0.5) is 0 Å². The predicted octanol–water partition coefficient (Wildman–Crippen LogP) is 1.31. The van der Waals surface area contributed by atoms with Gasteiger partial charge in [-0.15, -0.1) is 0 Å². The van der Waals surface area contributed by atoms with Crippen molar-refractivity contribution in [2.75, 3.05) is 33.7 Å². The molecule has 118 valence electrons. The molecule has 3 N–H and O–H groups in total. The highest BCUT2D eigenvalue weighted by Gasteiger charge is 2.25. The molecule has 2 atom stereocenters. The number of nitrogens with one attached hydrogen (secondary N) is 1. The lowest BCUT2D eigenvalue weighted by Gasteiger charge is -2.39. The SMILES string of the molecule is Cc1ccc(C)c(CC(CC2CN(C)CCN2C)NN)c1. The molecule has 0 bridgehead atoms. The number of piperazine rings is 1. The zero-order chi connectivity index (χ0) is 15.4. The lowest BCUT2D eigenvalue weighted by atomic mass is 9.94. The van der Waals surface area contributed by atoms with Crippen LogP contribution in [0.2, 0.25) is 0 Å². The minimum Gasteiger partial charge on any atom is -0.304 e. The molecular weight excluding hydrogens is 260 g/mol. The standard InChI is InChI=1S/C17H30N4/c1-13-5-6-14(2)15(9-13)10-16(19-18)11-17-12-20(3)7-8-21(17)4/h5-6,9,16-17,19H,7-8,10-12,18H2,1-4H3. The van der Waals surface area contributed by atoms with E-state index in [1.54, 1.807) is 0 Å². The average Bonchev–Trinajstić information content (AvgIpc) is 2.45. The van der Waals surface area contributed by atoms with Crippen LogP contribution in [0.15, 0.2) is 18.2 Å². The molecule has 0 saturated carbocycles. The number of likely N-dealkylation sites (N-methyl/N-ethyl adjacent to an activating group) is 2. The Balaban J connectivity index is 2.01. The topological polar surface area (TPSA) is 44.5 Å². The number of benzene rings is 1. The van der Waals surface area contributed by atoms with Gasteiger partial charge in [-0.3, -0.25) is 11.3 Å². The van der Waals surface area contributed by atoms with Crippen molar-refractivity contribution in [1.29, 1.82) is 0 Å². The van der Waals surface area contributed by atoms with Crippen LogP contribution in [0.1, 0.15) is 23.1 Å². The van der Waals surface area contributed by atoms with Crippen LogP contribution in [0.3, 0.4) is 0 Å². The van der Waals surface area contributed by atoms with Gasteiger partial charge in [0, 0.05) is 31.7 Å². The highest BCUT2D eigenvalue weighted by Crippen LogP contribution is 2.17. The molecule has 2 unspecified atom stereocenters. The summed E-state index contributed by atoms with van der Waals surface area (Å²) in [5, 5.41) is 0. The third-order valence-electron chi connectivity index (χ3n) is 4.74. The Morgan fingerprint density at radius 2 is 2.05 bits per heavy atom. The van der Waals surface area contributed by atoms with Crippen LogP contribution in [0, 0.1) is 13.8 Å². The first-order chi connectivity index (χ1) is 9.99. The molecule has 1 heterocycles. The van der Waals surface area contributed by atoms with Crippen molar-refractivity contribution in [1.82, 2.24) is 15.2 Å². The molecule has 4 heteroatoms. The van der Waals surface area contributed by atoms with Gasteiger partial charge in [0.25, 0.3) is 0 Å². The Hall–Kier alpha value is -0.940. The second-order valence-electron chi connectivity index (χ2n) is 6.63. The molecule has 2 rings (SSSR count). The number of rotatable bonds is 5. The van der Waals surface area contributed by atoms with E-state index in [-0.39, 0.29) is 0 Å². The van der Waals surface area contributed by atoms with E-state index < -0.39 is 0 Å². The number of hydrogen-bond donors (Lipinski definition) is 2. The Bertz CT molecular complexity index is 460. The summed E-state index contributed by atoms with van der Waals surface area (Å²) in [4.78, 5) is 4.88. The fourth-order valence-corrected chi connectivity index (χ4v) is 3.18. The van der Waals surface area contributed by atoms with E-state index in [0.717, 1.165) is 32.5 Å². The molecule has 21 heavy (non-hydrogen) atoms. The summed E-state index contributed by atoms with van der Waals surface area (Å²) in [6.07, 6.45) is 2.09. The highest BCUT2D eigenvalue weighted by atomic mass is 15.3. The number of aryl methyl sites for hydroxylation is 2. The maximum absolute atomic E-state index is 5.82. The summed E-state index contributed by atoms with van der Waals surface area (Å²) in [5.41, 5.74) is 7.12. The van der Waals surface area contributed by atoms with Crippen LogP contribution >= 0.6 is 0 Å². The zero-order valence-electron chi connectivity index (χ0n) is 13.9. The van der Waals surface area contributed by atoms with E-state index in [2.05, 4.69) is 61.4 Å². The molecule has 1 fully saturated rings. The molecule has 0 aliphatic carbocycles. The summed E-state index contributed by atoms with van der Waals surface area (Å²) in [7, 11) is 4.43. The lowest BCUT2D eigenvalue weighted by Crippen LogP contribution is -2.53. The highest BCUT2D eigenvalue weighted by molar-refractivity contribution is 5.31. The van der Waals surface area contributed by atoms with Crippen molar-refractivity contribution in [3.63, 3.8) is 0 Å². The molecule has 1 aromatic rings. The molecule has 0 radical (unpaired) electrons. The van der Waals surface area contributed by atoms with Crippen LogP contribution < -0.4 is 11.3 Å². The number of nitrogens with zero attached hydrogens (tertiary/aromatic N) is 2. The molecule has 1 aromatic carbocycles. The van der Waals surface area contributed by atoms with Crippen LogP contribution in [0.25, 0.3) is 0 Å². The maximum atomic E-state index is 5.82. The minimum atomic E-state index is 0.324. The van der Waals surface area contributed by atoms with E-state index in [1.807, 2.05) is 0 Å². The van der Waals surface area contributed by atoms with Crippen LogP contribution in [-0.2, 0) is 6.42 Å². The van der Waals surface area contributed by atoms with Gasteiger partial charge in [0.1, 0.15) is 0 Å². The molecule has 4 nitrogen and oxygen atoms in total. The predicted molar refractivity (Wildman–Crippen MR) is 89.3 cm³/mol. The molecule has 1 aliphatic heterocycles. The Morgan fingerprint density at radius 1 is 1.29 bits per heavy atom. The van der Waals surface area contributed by atoms with Crippen LogP contribution in [0.5, 0.6) is 0 Å².